The minimum absolute atomic E-state index is 0.0791. The van der Waals surface area contributed by atoms with Crippen LogP contribution in [0, 0.1) is 12.3 Å². The fraction of sp³-hybridized carbons (Fsp3) is 0.167. The lowest BCUT2D eigenvalue weighted by Crippen LogP contribution is -2.35. The maximum Gasteiger partial charge on any atom is 0.339 e. The van der Waals surface area contributed by atoms with Crippen molar-refractivity contribution in [1.82, 2.24) is 0 Å². The predicted molar refractivity (Wildman–Crippen MR) is 65.1 cm³/mol. The number of anilines is 1. The Bertz CT molecular complexity index is 519. The molecule has 0 saturated carbocycles. The molecular weight excluding hydrogens is 236 g/mol. The van der Waals surface area contributed by atoms with E-state index in [-0.39, 0.29) is 23.4 Å². The van der Waals surface area contributed by atoms with Gasteiger partial charge in [0.15, 0.2) is 0 Å². The first-order valence-corrected chi connectivity index (χ1v) is 5.02. The third kappa shape index (κ3) is 3.23. The molecule has 1 amide bonds. The summed E-state index contributed by atoms with van der Waals surface area (Å²) in [6.45, 7) is 0. The smallest absolute Gasteiger partial charge is 0.339 e. The van der Waals surface area contributed by atoms with Crippen LogP contribution in [0.2, 0.25) is 0 Å². The van der Waals surface area contributed by atoms with Gasteiger partial charge < -0.3 is 21.3 Å². The summed E-state index contributed by atoms with van der Waals surface area (Å²) in [5.41, 5.74) is 5.40. The van der Waals surface area contributed by atoms with E-state index in [1.54, 1.807) is 0 Å². The molecule has 1 aromatic rings. The third-order valence-corrected chi connectivity index (χ3v) is 2.17. The number of rotatable bonds is 4. The van der Waals surface area contributed by atoms with Crippen molar-refractivity contribution in [2.24, 2.45) is 5.73 Å². The molecule has 0 spiro atoms. The summed E-state index contributed by atoms with van der Waals surface area (Å²) in [6, 6.07) is 2.81. The Hall–Kier alpha value is -2.52. The molecule has 6 nitrogen and oxygen atoms in total. The largest absolute Gasteiger partial charge is 0.507 e. The van der Waals surface area contributed by atoms with Crippen LogP contribution in [0.4, 0.5) is 5.69 Å². The molecule has 5 N–H and O–H groups in total. The van der Waals surface area contributed by atoms with Crippen LogP contribution in [0.25, 0.3) is 0 Å². The Labute approximate surface area is 103 Å². The quantitative estimate of drug-likeness (QED) is 0.454. The number of nitrogens with two attached hydrogens (primary N) is 1. The molecule has 1 rings (SSSR count). The molecule has 0 heterocycles. The van der Waals surface area contributed by atoms with Gasteiger partial charge in [0.2, 0.25) is 5.91 Å². The van der Waals surface area contributed by atoms with Crippen LogP contribution in [0.1, 0.15) is 16.8 Å². The Morgan fingerprint density at radius 2 is 2.17 bits per heavy atom. The van der Waals surface area contributed by atoms with Crippen molar-refractivity contribution in [3.05, 3.63) is 23.8 Å². The topological polar surface area (TPSA) is 113 Å². The Kier molecular flexibility index (Phi) is 4.29. The number of benzene rings is 1. The average molecular weight is 248 g/mol. The number of carbonyl (C=O) groups is 2. The van der Waals surface area contributed by atoms with E-state index in [4.69, 9.17) is 17.3 Å². The van der Waals surface area contributed by atoms with Gasteiger partial charge in [0.25, 0.3) is 0 Å². The lowest BCUT2D eigenvalue weighted by molar-refractivity contribution is -0.117. The van der Waals surface area contributed by atoms with Gasteiger partial charge in [-0.15, -0.1) is 12.3 Å². The van der Waals surface area contributed by atoms with Crippen molar-refractivity contribution in [2.75, 3.05) is 5.32 Å². The molecule has 0 aromatic heterocycles. The number of phenols is 1. The van der Waals surface area contributed by atoms with Gasteiger partial charge in [-0.1, -0.05) is 0 Å². The molecular formula is C12H12N2O4. The molecule has 1 aromatic carbocycles. The summed E-state index contributed by atoms with van der Waals surface area (Å²) in [5, 5.41) is 20.5. The minimum atomic E-state index is -1.29. The molecule has 0 aliphatic carbocycles. The van der Waals surface area contributed by atoms with Gasteiger partial charge in [-0.05, 0) is 18.2 Å². The Morgan fingerprint density at radius 1 is 1.50 bits per heavy atom. The normalized spacial score (nSPS) is 11.3. The van der Waals surface area contributed by atoms with Gasteiger partial charge in [0, 0.05) is 12.1 Å². The van der Waals surface area contributed by atoms with Crippen LogP contribution >= 0.6 is 0 Å². The maximum absolute atomic E-state index is 11.5. The lowest BCUT2D eigenvalue weighted by atomic mass is 10.1. The second kappa shape index (κ2) is 5.70. The first-order chi connectivity index (χ1) is 8.45. The maximum atomic E-state index is 11.5. The minimum Gasteiger partial charge on any atom is -0.507 e. The SMILES string of the molecule is C#CCC(N)C(=O)Nc1ccc(O)c(C(=O)O)c1. The second-order valence-electron chi connectivity index (χ2n) is 3.54. The van der Waals surface area contributed by atoms with Crippen LogP contribution in [0.3, 0.4) is 0 Å². The number of aromatic carboxylic acids is 1. The monoisotopic (exact) mass is 248 g/mol. The van der Waals surface area contributed by atoms with Crippen molar-refractivity contribution in [1.29, 1.82) is 0 Å². The molecule has 0 aliphatic rings. The molecule has 0 saturated heterocycles. The number of hydrogen-bond donors (Lipinski definition) is 4. The van der Waals surface area contributed by atoms with E-state index in [1.165, 1.54) is 12.1 Å². The lowest BCUT2D eigenvalue weighted by Gasteiger charge is -2.10. The number of amides is 1. The summed E-state index contributed by atoms with van der Waals surface area (Å²) < 4.78 is 0. The van der Waals surface area contributed by atoms with Crippen LogP contribution in [-0.4, -0.2) is 28.1 Å². The van der Waals surface area contributed by atoms with Gasteiger partial charge in [0.05, 0.1) is 6.04 Å². The Morgan fingerprint density at radius 3 is 2.72 bits per heavy atom. The van der Waals surface area contributed by atoms with Gasteiger partial charge in [-0.3, -0.25) is 4.79 Å². The van der Waals surface area contributed by atoms with Gasteiger partial charge in [0.1, 0.15) is 11.3 Å². The van der Waals surface area contributed by atoms with E-state index in [1.807, 2.05) is 0 Å². The second-order valence-corrected chi connectivity index (χ2v) is 3.54. The number of carboxylic acid groups (broad SMARTS) is 1. The number of aromatic hydroxyl groups is 1. The fourth-order valence-electron chi connectivity index (χ4n) is 1.24. The molecule has 6 heteroatoms. The number of terminal acetylenes is 1. The molecule has 94 valence electrons. The van der Waals surface area contributed by atoms with E-state index in [9.17, 15) is 14.7 Å². The zero-order valence-electron chi connectivity index (χ0n) is 9.38. The summed E-state index contributed by atoms with van der Waals surface area (Å²) in [4.78, 5) is 22.3. The highest BCUT2D eigenvalue weighted by Crippen LogP contribution is 2.21. The van der Waals surface area contributed by atoms with Gasteiger partial charge in [-0.25, -0.2) is 4.79 Å². The third-order valence-electron chi connectivity index (χ3n) is 2.17. The predicted octanol–water partition coefficient (Wildman–Crippen LogP) is 0.379. The van der Waals surface area contributed by atoms with E-state index < -0.39 is 17.9 Å². The summed E-state index contributed by atoms with van der Waals surface area (Å²) >= 11 is 0. The van der Waals surface area contributed by atoms with Crippen LogP contribution in [0.5, 0.6) is 5.75 Å². The number of carboxylic acids is 1. The first kappa shape index (κ1) is 13.5. The summed E-state index contributed by atoms with van der Waals surface area (Å²) in [6.07, 6.45) is 5.10. The van der Waals surface area contributed by atoms with Crippen molar-refractivity contribution >= 4 is 17.6 Å². The highest BCUT2D eigenvalue weighted by atomic mass is 16.4. The van der Waals surface area contributed by atoms with E-state index >= 15 is 0 Å². The highest BCUT2D eigenvalue weighted by molar-refractivity contribution is 5.97. The van der Waals surface area contributed by atoms with Crippen molar-refractivity contribution in [2.45, 2.75) is 12.5 Å². The van der Waals surface area contributed by atoms with Crippen molar-refractivity contribution < 1.29 is 19.8 Å². The zero-order chi connectivity index (χ0) is 13.7. The van der Waals surface area contributed by atoms with Crippen LogP contribution in [0.15, 0.2) is 18.2 Å². The zero-order valence-corrected chi connectivity index (χ0v) is 9.38. The number of nitrogens with one attached hydrogen (secondary N) is 1. The average Bonchev–Trinajstić information content (AvgIpc) is 2.31. The van der Waals surface area contributed by atoms with Crippen molar-refractivity contribution in [3.8, 4) is 18.1 Å². The number of carbonyl (C=O) groups excluding carboxylic acids is 1. The first-order valence-electron chi connectivity index (χ1n) is 5.02. The molecule has 0 fully saturated rings. The van der Waals surface area contributed by atoms with Crippen LogP contribution < -0.4 is 11.1 Å². The summed E-state index contributed by atoms with van der Waals surface area (Å²) in [7, 11) is 0. The van der Waals surface area contributed by atoms with E-state index in [0.717, 1.165) is 6.07 Å². The highest BCUT2D eigenvalue weighted by Gasteiger charge is 2.14. The molecule has 18 heavy (non-hydrogen) atoms. The molecule has 1 atom stereocenters. The molecule has 1 unspecified atom stereocenters. The standard InChI is InChI=1S/C12H12N2O4/c1-2-3-9(13)11(16)14-7-4-5-10(15)8(6-7)12(17)18/h1,4-6,9,15H,3,13H2,(H,14,16)(H,17,18). The van der Waals surface area contributed by atoms with E-state index in [0.29, 0.717) is 0 Å². The van der Waals surface area contributed by atoms with Crippen molar-refractivity contribution in [3.63, 3.8) is 0 Å². The Balaban J connectivity index is 2.86. The fourth-order valence-corrected chi connectivity index (χ4v) is 1.24. The molecule has 0 aliphatic heterocycles. The number of hydrogen-bond acceptors (Lipinski definition) is 4. The summed E-state index contributed by atoms with van der Waals surface area (Å²) in [5.74, 6) is 0.0584. The van der Waals surface area contributed by atoms with E-state index in [2.05, 4.69) is 11.2 Å². The van der Waals surface area contributed by atoms with Gasteiger partial charge in [-0.2, -0.15) is 0 Å². The van der Waals surface area contributed by atoms with Gasteiger partial charge >= 0.3 is 5.97 Å². The molecule has 0 bridgehead atoms. The molecule has 0 radical (unpaired) electrons. The van der Waals surface area contributed by atoms with Crippen LogP contribution in [-0.2, 0) is 4.79 Å².